The lowest BCUT2D eigenvalue weighted by Crippen LogP contribution is -2.22. The molecule has 5 nitrogen and oxygen atoms in total. The Morgan fingerprint density at radius 1 is 1.42 bits per heavy atom. The molecule has 2 N–H and O–H groups in total. The van der Waals surface area contributed by atoms with Crippen molar-refractivity contribution in [2.45, 2.75) is 19.4 Å². The number of benzene rings is 1. The standard InChI is InChI=1S/C13H21NO4S/c1-10(14-7-4-8-19(3,16)17)12-9-11(18-2)5-6-13(12)15/h5-6,9-10,14-15H,4,7-8H2,1-3H3. The summed E-state index contributed by atoms with van der Waals surface area (Å²) in [4.78, 5) is 0. The largest absolute Gasteiger partial charge is 0.508 e. The zero-order chi connectivity index (χ0) is 14.5. The van der Waals surface area contributed by atoms with Gasteiger partial charge in [-0.3, -0.25) is 0 Å². The van der Waals surface area contributed by atoms with Gasteiger partial charge in [-0.1, -0.05) is 0 Å². The van der Waals surface area contributed by atoms with Crippen LogP contribution in [0.3, 0.4) is 0 Å². The van der Waals surface area contributed by atoms with E-state index in [1.807, 2.05) is 6.92 Å². The van der Waals surface area contributed by atoms with Gasteiger partial charge in [-0.15, -0.1) is 0 Å². The first-order chi connectivity index (χ1) is 8.83. The van der Waals surface area contributed by atoms with E-state index >= 15 is 0 Å². The number of hydrogen-bond donors (Lipinski definition) is 2. The van der Waals surface area contributed by atoms with Gasteiger partial charge in [-0.05, 0) is 38.1 Å². The fourth-order valence-electron chi connectivity index (χ4n) is 1.77. The van der Waals surface area contributed by atoms with E-state index in [1.165, 1.54) is 6.26 Å². The van der Waals surface area contributed by atoms with Crippen LogP contribution in [0.4, 0.5) is 0 Å². The van der Waals surface area contributed by atoms with E-state index in [-0.39, 0.29) is 17.5 Å². The molecule has 1 aromatic rings. The maximum Gasteiger partial charge on any atom is 0.147 e. The molecule has 0 saturated heterocycles. The number of methoxy groups -OCH3 is 1. The normalized spacial score (nSPS) is 13.2. The van der Waals surface area contributed by atoms with E-state index in [4.69, 9.17) is 4.74 Å². The minimum Gasteiger partial charge on any atom is -0.508 e. The summed E-state index contributed by atoms with van der Waals surface area (Å²) < 4.78 is 27.1. The predicted molar refractivity (Wildman–Crippen MR) is 75.4 cm³/mol. The molecule has 0 aliphatic rings. The number of rotatable bonds is 7. The van der Waals surface area contributed by atoms with Crippen LogP contribution in [0.1, 0.15) is 24.9 Å². The Bertz CT molecular complexity index is 513. The van der Waals surface area contributed by atoms with Crippen molar-refractivity contribution in [3.63, 3.8) is 0 Å². The molecule has 0 amide bonds. The Labute approximate surface area is 114 Å². The maximum atomic E-state index is 11.0. The highest BCUT2D eigenvalue weighted by Gasteiger charge is 2.11. The molecule has 1 rings (SSSR count). The number of hydrogen-bond acceptors (Lipinski definition) is 5. The lowest BCUT2D eigenvalue weighted by Gasteiger charge is -2.16. The molecule has 0 bridgehead atoms. The highest BCUT2D eigenvalue weighted by atomic mass is 32.2. The summed E-state index contributed by atoms with van der Waals surface area (Å²) in [5, 5.41) is 13.0. The minimum absolute atomic E-state index is 0.0744. The van der Waals surface area contributed by atoms with E-state index in [0.717, 1.165) is 5.56 Å². The lowest BCUT2D eigenvalue weighted by atomic mass is 10.1. The van der Waals surface area contributed by atoms with Crippen molar-refractivity contribution in [2.24, 2.45) is 0 Å². The Balaban J connectivity index is 2.56. The molecule has 0 aliphatic heterocycles. The number of nitrogens with one attached hydrogen (secondary N) is 1. The fourth-order valence-corrected chi connectivity index (χ4v) is 2.44. The Kier molecular flexibility index (Phi) is 5.62. The molecule has 108 valence electrons. The molecule has 0 saturated carbocycles. The number of phenols is 1. The van der Waals surface area contributed by atoms with Crippen molar-refractivity contribution in [2.75, 3.05) is 25.7 Å². The van der Waals surface area contributed by atoms with Crippen molar-refractivity contribution >= 4 is 9.84 Å². The van der Waals surface area contributed by atoms with Crippen LogP contribution in [0.25, 0.3) is 0 Å². The van der Waals surface area contributed by atoms with Gasteiger partial charge in [-0.25, -0.2) is 8.42 Å². The molecule has 19 heavy (non-hydrogen) atoms. The van der Waals surface area contributed by atoms with Crippen molar-refractivity contribution < 1.29 is 18.3 Å². The first kappa shape index (κ1) is 15.8. The quantitative estimate of drug-likeness (QED) is 0.743. The summed E-state index contributed by atoms with van der Waals surface area (Å²) >= 11 is 0. The van der Waals surface area contributed by atoms with Crippen molar-refractivity contribution in [3.05, 3.63) is 23.8 Å². The Morgan fingerprint density at radius 2 is 2.11 bits per heavy atom. The molecule has 0 aromatic heterocycles. The minimum atomic E-state index is -2.91. The Hall–Kier alpha value is -1.27. The molecule has 6 heteroatoms. The molecule has 0 heterocycles. The van der Waals surface area contributed by atoms with Crippen LogP contribution in [-0.2, 0) is 9.84 Å². The molecular formula is C13H21NO4S. The van der Waals surface area contributed by atoms with Crippen molar-refractivity contribution in [3.8, 4) is 11.5 Å². The van der Waals surface area contributed by atoms with Crippen LogP contribution < -0.4 is 10.1 Å². The monoisotopic (exact) mass is 287 g/mol. The van der Waals surface area contributed by atoms with Gasteiger partial charge in [0.15, 0.2) is 0 Å². The predicted octanol–water partition coefficient (Wildman–Crippen LogP) is 1.49. The average molecular weight is 287 g/mol. The Morgan fingerprint density at radius 3 is 2.68 bits per heavy atom. The van der Waals surface area contributed by atoms with Crippen LogP contribution in [0.15, 0.2) is 18.2 Å². The summed E-state index contributed by atoms with van der Waals surface area (Å²) in [5.41, 5.74) is 0.735. The van der Waals surface area contributed by atoms with Gasteiger partial charge < -0.3 is 15.2 Å². The van der Waals surface area contributed by atoms with Gasteiger partial charge in [0.2, 0.25) is 0 Å². The SMILES string of the molecule is COc1ccc(O)c(C(C)NCCCS(C)(=O)=O)c1. The van der Waals surface area contributed by atoms with Gasteiger partial charge >= 0.3 is 0 Å². The van der Waals surface area contributed by atoms with Gasteiger partial charge in [0.1, 0.15) is 21.3 Å². The third-order valence-electron chi connectivity index (χ3n) is 2.84. The van der Waals surface area contributed by atoms with Gasteiger partial charge in [-0.2, -0.15) is 0 Å². The van der Waals surface area contributed by atoms with Gasteiger partial charge in [0.05, 0.1) is 12.9 Å². The fraction of sp³-hybridized carbons (Fsp3) is 0.538. The molecule has 0 aliphatic carbocycles. The second-order valence-electron chi connectivity index (χ2n) is 4.58. The van der Waals surface area contributed by atoms with Crippen molar-refractivity contribution in [1.29, 1.82) is 0 Å². The third kappa shape index (κ3) is 5.48. The van der Waals surface area contributed by atoms with E-state index in [9.17, 15) is 13.5 Å². The lowest BCUT2D eigenvalue weighted by molar-refractivity contribution is 0.407. The van der Waals surface area contributed by atoms with Crippen LogP contribution in [0.2, 0.25) is 0 Å². The number of aromatic hydroxyl groups is 1. The van der Waals surface area contributed by atoms with Gasteiger partial charge in [0.25, 0.3) is 0 Å². The number of ether oxygens (including phenoxy) is 1. The highest BCUT2D eigenvalue weighted by molar-refractivity contribution is 7.90. The molecule has 0 spiro atoms. The van der Waals surface area contributed by atoms with Crippen LogP contribution in [-0.4, -0.2) is 39.2 Å². The third-order valence-corrected chi connectivity index (χ3v) is 3.87. The van der Waals surface area contributed by atoms with Crippen LogP contribution in [0, 0.1) is 0 Å². The molecule has 0 radical (unpaired) electrons. The maximum absolute atomic E-state index is 11.0. The first-order valence-electron chi connectivity index (χ1n) is 6.11. The second kappa shape index (κ2) is 6.77. The van der Waals surface area contributed by atoms with E-state index < -0.39 is 9.84 Å². The summed E-state index contributed by atoms with van der Waals surface area (Å²) in [6.07, 6.45) is 1.78. The van der Waals surface area contributed by atoms with Crippen molar-refractivity contribution in [1.82, 2.24) is 5.32 Å². The first-order valence-corrected chi connectivity index (χ1v) is 8.17. The zero-order valence-corrected chi connectivity index (χ0v) is 12.3. The zero-order valence-electron chi connectivity index (χ0n) is 11.5. The summed E-state index contributed by atoms with van der Waals surface area (Å²) in [7, 11) is -1.35. The summed E-state index contributed by atoms with van der Waals surface area (Å²) in [5.74, 6) is 1.04. The molecule has 1 aromatic carbocycles. The number of sulfone groups is 1. The molecule has 1 unspecified atom stereocenters. The summed E-state index contributed by atoms with van der Waals surface area (Å²) in [6.45, 7) is 2.49. The topological polar surface area (TPSA) is 75.6 Å². The molecule has 0 fully saturated rings. The molecular weight excluding hydrogens is 266 g/mol. The molecule has 1 atom stereocenters. The average Bonchev–Trinajstić information content (AvgIpc) is 2.34. The highest BCUT2D eigenvalue weighted by Crippen LogP contribution is 2.28. The van der Waals surface area contributed by atoms with Crippen LogP contribution in [0.5, 0.6) is 11.5 Å². The van der Waals surface area contributed by atoms with E-state index in [2.05, 4.69) is 5.32 Å². The second-order valence-corrected chi connectivity index (χ2v) is 6.84. The van der Waals surface area contributed by atoms with Crippen LogP contribution >= 0.6 is 0 Å². The smallest absolute Gasteiger partial charge is 0.147 e. The number of phenolic OH excluding ortho intramolecular Hbond substituents is 1. The summed E-state index contributed by atoms with van der Waals surface area (Å²) in [6, 6.07) is 4.97. The van der Waals surface area contributed by atoms with E-state index in [0.29, 0.717) is 18.7 Å². The van der Waals surface area contributed by atoms with Gasteiger partial charge in [0, 0.05) is 17.9 Å². The van der Waals surface area contributed by atoms with E-state index in [1.54, 1.807) is 25.3 Å².